The van der Waals surface area contributed by atoms with E-state index in [0.29, 0.717) is 10.9 Å². The van der Waals surface area contributed by atoms with Gasteiger partial charge >= 0.3 is 5.97 Å². The number of fused-ring (bicyclic) bond motifs is 1. The molecule has 10 heteroatoms. The zero-order valence-electron chi connectivity index (χ0n) is 14.3. The van der Waals surface area contributed by atoms with Crippen LogP contribution < -0.4 is 10.9 Å². The third-order valence-corrected chi connectivity index (χ3v) is 3.70. The smallest absolute Gasteiger partial charge is 0.328 e. The number of carbonyl (C=O) groups is 3. The Labute approximate surface area is 152 Å². The first-order chi connectivity index (χ1) is 13.0. The lowest BCUT2D eigenvalue weighted by molar-refractivity contribution is -0.149. The predicted molar refractivity (Wildman–Crippen MR) is 92.6 cm³/mol. The molecule has 0 bridgehead atoms. The van der Waals surface area contributed by atoms with Crippen molar-refractivity contribution in [3.05, 3.63) is 58.6 Å². The normalized spacial score (nSPS) is 10.6. The number of ether oxygens (including phenoxy) is 1. The highest BCUT2D eigenvalue weighted by Crippen LogP contribution is 2.03. The van der Waals surface area contributed by atoms with Crippen LogP contribution in [0.4, 0.5) is 0 Å². The van der Waals surface area contributed by atoms with E-state index < -0.39 is 36.5 Å². The molecule has 2 heterocycles. The van der Waals surface area contributed by atoms with E-state index in [0.717, 1.165) is 4.68 Å². The fourth-order valence-corrected chi connectivity index (χ4v) is 2.36. The number of nitrogens with one attached hydrogen (secondary N) is 1. The van der Waals surface area contributed by atoms with Crippen molar-refractivity contribution >= 4 is 28.7 Å². The van der Waals surface area contributed by atoms with Crippen molar-refractivity contribution in [2.45, 2.75) is 6.54 Å². The summed E-state index contributed by atoms with van der Waals surface area (Å²) in [4.78, 5) is 47.7. The molecule has 0 fully saturated rings. The number of hydrogen-bond donors (Lipinski definition) is 1. The van der Waals surface area contributed by atoms with E-state index in [4.69, 9.17) is 4.74 Å². The van der Waals surface area contributed by atoms with Gasteiger partial charge in [-0.05, 0) is 24.3 Å². The minimum atomic E-state index is -0.858. The van der Waals surface area contributed by atoms with E-state index in [9.17, 15) is 19.2 Å². The second kappa shape index (κ2) is 7.60. The van der Waals surface area contributed by atoms with Gasteiger partial charge in [-0.15, -0.1) is 5.10 Å². The molecule has 2 aromatic heterocycles. The second-order valence-electron chi connectivity index (χ2n) is 5.61. The van der Waals surface area contributed by atoms with Gasteiger partial charge in [-0.2, -0.15) is 4.68 Å². The largest absolute Gasteiger partial charge is 0.454 e. The number of carbonyl (C=O) groups excluding carboxylic acids is 3. The lowest BCUT2D eigenvalue weighted by atomic mass is 10.2. The van der Waals surface area contributed by atoms with E-state index in [2.05, 4.69) is 15.6 Å². The lowest BCUT2D eigenvalue weighted by Crippen LogP contribution is -2.36. The van der Waals surface area contributed by atoms with Gasteiger partial charge in [0.1, 0.15) is 17.8 Å². The van der Waals surface area contributed by atoms with Crippen molar-refractivity contribution in [2.24, 2.45) is 7.05 Å². The molecule has 0 saturated carbocycles. The van der Waals surface area contributed by atoms with E-state index in [1.54, 1.807) is 54.2 Å². The van der Waals surface area contributed by atoms with Gasteiger partial charge in [0.15, 0.2) is 6.61 Å². The van der Waals surface area contributed by atoms with Crippen LogP contribution in [0, 0.1) is 0 Å². The molecule has 1 N–H and O–H groups in total. The van der Waals surface area contributed by atoms with Crippen LogP contribution in [0.3, 0.4) is 0 Å². The van der Waals surface area contributed by atoms with E-state index in [1.165, 1.54) is 0 Å². The Morgan fingerprint density at radius 2 is 1.93 bits per heavy atom. The molecule has 27 heavy (non-hydrogen) atoms. The number of hydrogen-bond acceptors (Lipinski definition) is 7. The molecule has 0 aliphatic heterocycles. The van der Waals surface area contributed by atoms with Crippen molar-refractivity contribution in [1.82, 2.24) is 24.9 Å². The number of amides is 2. The van der Waals surface area contributed by atoms with Gasteiger partial charge in [-0.25, -0.2) is 0 Å². The highest BCUT2D eigenvalue weighted by atomic mass is 16.5. The van der Waals surface area contributed by atoms with Crippen LogP contribution >= 0.6 is 0 Å². The van der Waals surface area contributed by atoms with Crippen LogP contribution in [-0.4, -0.2) is 44.0 Å². The van der Waals surface area contributed by atoms with Crippen LogP contribution in [-0.2, 0) is 27.9 Å². The number of esters is 1. The van der Waals surface area contributed by atoms with Gasteiger partial charge in [0.25, 0.3) is 17.4 Å². The first-order valence-electron chi connectivity index (χ1n) is 7.89. The first-order valence-corrected chi connectivity index (χ1v) is 7.89. The SMILES string of the molecule is Cn1cccc1C(=O)NC(=O)COC(=O)Cn1nnc2ccccc2c1=O. The van der Waals surface area contributed by atoms with E-state index >= 15 is 0 Å². The van der Waals surface area contributed by atoms with E-state index in [-0.39, 0.29) is 5.69 Å². The third kappa shape index (κ3) is 4.06. The van der Waals surface area contributed by atoms with Crippen LogP contribution in [0.25, 0.3) is 10.9 Å². The number of imide groups is 1. The Balaban J connectivity index is 1.56. The molecule has 0 saturated heterocycles. The van der Waals surface area contributed by atoms with Gasteiger partial charge in [-0.1, -0.05) is 17.3 Å². The summed E-state index contributed by atoms with van der Waals surface area (Å²) in [6.07, 6.45) is 1.65. The standard InChI is InChI=1S/C17H15N5O5/c1-21-8-4-7-13(21)16(25)18-14(23)10-27-15(24)9-22-17(26)11-5-2-3-6-12(11)19-20-22/h2-8H,9-10H2,1H3,(H,18,23,25). The minimum Gasteiger partial charge on any atom is -0.454 e. The maximum atomic E-state index is 12.2. The Morgan fingerprint density at radius 3 is 2.67 bits per heavy atom. The molecule has 0 radical (unpaired) electrons. The minimum absolute atomic E-state index is 0.285. The number of rotatable bonds is 5. The zero-order chi connectivity index (χ0) is 19.4. The van der Waals surface area contributed by atoms with E-state index in [1.807, 2.05) is 0 Å². The van der Waals surface area contributed by atoms with Gasteiger partial charge in [0, 0.05) is 13.2 Å². The predicted octanol–water partition coefficient (Wildman–Crippen LogP) is -0.370. The number of aromatic nitrogens is 4. The number of aryl methyl sites for hydroxylation is 1. The van der Waals surface area contributed by atoms with Gasteiger partial charge in [0.2, 0.25) is 0 Å². The molecular formula is C17H15N5O5. The molecule has 1 aromatic carbocycles. The number of nitrogens with zero attached hydrogens (tertiary/aromatic N) is 4. The molecule has 0 aliphatic carbocycles. The van der Waals surface area contributed by atoms with Crippen molar-refractivity contribution in [3.8, 4) is 0 Å². The molecule has 10 nitrogen and oxygen atoms in total. The zero-order valence-corrected chi connectivity index (χ0v) is 14.3. The molecular weight excluding hydrogens is 354 g/mol. The summed E-state index contributed by atoms with van der Waals surface area (Å²) in [5.41, 5.74) is 0.194. The van der Waals surface area contributed by atoms with Crippen LogP contribution in [0.5, 0.6) is 0 Å². The molecule has 2 amide bonds. The second-order valence-corrected chi connectivity index (χ2v) is 5.61. The molecule has 138 valence electrons. The fraction of sp³-hybridized carbons (Fsp3) is 0.176. The summed E-state index contributed by atoms with van der Waals surface area (Å²) < 4.78 is 7.17. The van der Waals surface area contributed by atoms with Gasteiger partial charge in [0.05, 0.1) is 5.39 Å². The Morgan fingerprint density at radius 1 is 1.15 bits per heavy atom. The third-order valence-electron chi connectivity index (χ3n) is 3.70. The monoisotopic (exact) mass is 369 g/mol. The molecule has 3 rings (SSSR count). The maximum Gasteiger partial charge on any atom is 0.328 e. The van der Waals surface area contributed by atoms with Crippen LogP contribution in [0.2, 0.25) is 0 Å². The van der Waals surface area contributed by atoms with Crippen molar-refractivity contribution in [3.63, 3.8) is 0 Å². The number of benzene rings is 1. The molecule has 0 atom stereocenters. The lowest BCUT2D eigenvalue weighted by Gasteiger charge is -2.07. The quantitative estimate of drug-likeness (QED) is 0.608. The highest BCUT2D eigenvalue weighted by molar-refractivity contribution is 6.04. The Hall–Kier alpha value is -3.82. The average Bonchev–Trinajstić information content (AvgIpc) is 3.09. The van der Waals surface area contributed by atoms with Crippen molar-refractivity contribution < 1.29 is 19.1 Å². The summed E-state index contributed by atoms with van der Waals surface area (Å²) >= 11 is 0. The Kier molecular flexibility index (Phi) is 5.06. The average molecular weight is 369 g/mol. The van der Waals surface area contributed by atoms with Crippen molar-refractivity contribution in [1.29, 1.82) is 0 Å². The first kappa shape index (κ1) is 18.0. The van der Waals surface area contributed by atoms with Crippen molar-refractivity contribution in [2.75, 3.05) is 6.61 Å². The molecule has 0 unspecified atom stereocenters. The molecule has 0 spiro atoms. The molecule has 0 aliphatic rings. The topological polar surface area (TPSA) is 125 Å². The fourth-order valence-electron chi connectivity index (χ4n) is 2.36. The summed E-state index contributed by atoms with van der Waals surface area (Å²) in [5.74, 6) is -2.25. The van der Waals surface area contributed by atoms with Gasteiger partial charge in [-0.3, -0.25) is 24.5 Å². The summed E-state index contributed by atoms with van der Waals surface area (Å²) in [5, 5.41) is 9.92. The Bertz CT molecular complexity index is 1080. The highest BCUT2D eigenvalue weighted by Gasteiger charge is 2.15. The van der Waals surface area contributed by atoms with Crippen LogP contribution in [0.15, 0.2) is 47.4 Å². The summed E-state index contributed by atoms with van der Waals surface area (Å²) in [6, 6.07) is 9.77. The summed E-state index contributed by atoms with van der Waals surface area (Å²) in [6.45, 7) is -1.17. The van der Waals surface area contributed by atoms with Crippen LogP contribution in [0.1, 0.15) is 10.5 Å². The maximum absolute atomic E-state index is 12.2. The van der Waals surface area contributed by atoms with Gasteiger partial charge < -0.3 is 9.30 Å². The summed E-state index contributed by atoms with van der Waals surface area (Å²) in [7, 11) is 1.65. The molecule has 3 aromatic rings.